The van der Waals surface area contributed by atoms with Crippen LogP contribution >= 0.6 is 23.2 Å². The topological polar surface area (TPSA) is 76.1 Å². The van der Waals surface area contributed by atoms with Crippen LogP contribution in [0, 0.1) is 0 Å². The Kier molecular flexibility index (Phi) is 7.67. The van der Waals surface area contributed by atoms with Gasteiger partial charge in [-0.15, -0.1) is 0 Å². The van der Waals surface area contributed by atoms with E-state index in [0.717, 1.165) is 5.69 Å². The van der Waals surface area contributed by atoms with Gasteiger partial charge in [0.15, 0.2) is 0 Å². The molecule has 2 aliphatic rings. The second-order valence-corrected chi connectivity index (χ2v) is 10.2. The van der Waals surface area contributed by atoms with Gasteiger partial charge < -0.3 is 20.2 Å². The van der Waals surface area contributed by atoms with Crippen LogP contribution in [0.15, 0.2) is 72.8 Å². The lowest BCUT2D eigenvalue weighted by Gasteiger charge is -2.38. The van der Waals surface area contributed by atoms with Crippen molar-refractivity contribution >= 4 is 46.4 Å². The van der Waals surface area contributed by atoms with Gasteiger partial charge in [0.1, 0.15) is 0 Å². The van der Waals surface area contributed by atoms with Crippen LogP contribution in [0.4, 0.5) is 11.4 Å². The number of anilines is 2. The average Bonchev–Trinajstić information content (AvgIpc) is 3.31. The smallest absolute Gasteiger partial charge is 0.256 e. The number of piperazine rings is 1. The molecule has 0 saturated carbocycles. The van der Waals surface area contributed by atoms with Crippen molar-refractivity contribution in [2.45, 2.75) is 12.1 Å². The first kappa shape index (κ1) is 25.5. The van der Waals surface area contributed by atoms with Gasteiger partial charge in [0.05, 0.1) is 23.4 Å². The van der Waals surface area contributed by atoms with Crippen LogP contribution in [-0.4, -0.2) is 83.0 Å². The lowest BCUT2D eigenvalue weighted by Crippen LogP contribution is -2.54. The Hall–Kier alpha value is -3.10. The molecule has 2 heterocycles. The van der Waals surface area contributed by atoms with Gasteiger partial charge in [-0.3, -0.25) is 14.5 Å². The minimum Gasteiger partial charge on any atom is -0.390 e. The summed E-state index contributed by atoms with van der Waals surface area (Å²) in [6.45, 7) is 3.04. The molecule has 9 heteroatoms. The van der Waals surface area contributed by atoms with Crippen molar-refractivity contribution in [3.63, 3.8) is 0 Å². The number of carbonyl (C=O) groups excluding carboxylic acids is 2. The standard InChI is InChI=1S/C28H28Cl2N4O3/c29-20-8-6-19(7-9-20)27(36)33-14-12-32(13-15-33)25-17-34(18-26(25)35)28(37)23-11-10-21(30)16-24(23)31-22-4-2-1-3-5-22/h1-11,16,25-26,31,35H,12-15,17-18H2/t25-,26-/m1/s1. The van der Waals surface area contributed by atoms with Gasteiger partial charge >= 0.3 is 0 Å². The van der Waals surface area contributed by atoms with Crippen LogP contribution in [0.1, 0.15) is 20.7 Å². The number of amides is 2. The molecule has 5 rings (SSSR count). The van der Waals surface area contributed by atoms with E-state index in [2.05, 4.69) is 10.2 Å². The van der Waals surface area contributed by atoms with Crippen molar-refractivity contribution in [3.8, 4) is 0 Å². The molecule has 37 heavy (non-hydrogen) atoms. The fourth-order valence-electron chi connectivity index (χ4n) is 4.98. The monoisotopic (exact) mass is 538 g/mol. The summed E-state index contributed by atoms with van der Waals surface area (Å²) in [5.74, 6) is -0.186. The fraction of sp³-hybridized carbons (Fsp3) is 0.286. The third-order valence-corrected chi connectivity index (χ3v) is 7.46. The Morgan fingerprint density at radius 3 is 2.16 bits per heavy atom. The molecule has 0 spiro atoms. The zero-order valence-electron chi connectivity index (χ0n) is 20.2. The average molecular weight is 539 g/mol. The van der Waals surface area contributed by atoms with Crippen LogP contribution in [0.3, 0.4) is 0 Å². The Labute approximate surface area is 226 Å². The molecule has 192 valence electrons. The van der Waals surface area contributed by atoms with Crippen molar-refractivity contribution in [1.29, 1.82) is 0 Å². The Morgan fingerprint density at radius 1 is 0.784 bits per heavy atom. The summed E-state index contributed by atoms with van der Waals surface area (Å²) < 4.78 is 0. The molecule has 0 aromatic heterocycles. The normalized spacial score (nSPS) is 20.2. The van der Waals surface area contributed by atoms with Gasteiger partial charge in [0, 0.05) is 60.6 Å². The number of β-amino-alcohol motifs (C(OH)–C–C–N with tert-alkyl or cyclic N) is 1. The summed E-state index contributed by atoms with van der Waals surface area (Å²) in [7, 11) is 0. The molecular formula is C28H28Cl2N4O3. The number of para-hydroxylation sites is 1. The molecule has 7 nitrogen and oxygen atoms in total. The van der Waals surface area contributed by atoms with Crippen molar-refractivity contribution in [3.05, 3.63) is 94.0 Å². The first-order valence-electron chi connectivity index (χ1n) is 12.3. The summed E-state index contributed by atoms with van der Waals surface area (Å²) in [5.41, 5.74) is 2.58. The zero-order valence-corrected chi connectivity index (χ0v) is 21.7. The summed E-state index contributed by atoms with van der Waals surface area (Å²) in [5, 5.41) is 15.3. The number of nitrogens with zero attached hydrogens (tertiary/aromatic N) is 3. The minimum absolute atomic E-state index is 0.0266. The highest BCUT2D eigenvalue weighted by Gasteiger charge is 2.39. The second-order valence-electron chi connectivity index (χ2n) is 9.36. The summed E-state index contributed by atoms with van der Waals surface area (Å²) in [6.07, 6.45) is -0.666. The Bertz CT molecular complexity index is 1260. The summed E-state index contributed by atoms with van der Waals surface area (Å²) in [6, 6.07) is 21.5. The van der Waals surface area contributed by atoms with E-state index in [1.807, 2.05) is 35.2 Å². The number of halogens is 2. The molecule has 2 N–H and O–H groups in total. The van der Waals surface area contributed by atoms with Gasteiger partial charge in [-0.2, -0.15) is 0 Å². The highest BCUT2D eigenvalue weighted by molar-refractivity contribution is 6.31. The van der Waals surface area contributed by atoms with Gasteiger partial charge in [0.2, 0.25) is 0 Å². The summed E-state index contributed by atoms with van der Waals surface area (Å²) in [4.78, 5) is 32.0. The number of benzene rings is 3. The van der Waals surface area contributed by atoms with E-state index in [4.69, 9.17) is 23.2 Å². The maximum Gasteiger partial charge on any atom is 0.256 e. The van der Waals surface area contributed by atoms with E-state index in [1.54, 1.807) is 47.4 Å². The quantitative estimate of drug-likeness (QED) is 0.504. The van der Waals surface area contributed by atoms with E-state index in [-0.39, 0.29) is 24.4 Å². The number of hydrogen-bond acceptors (Lipinski definition) is 5. The first-order chi connectivity index (χ1) is 17.9. The molecule has 3 aromatic carbocycles. The predicted octanol–water partition coefficient (Wildman–Crippen LogP) is 4.38. The first-order valence-corrected chi connectivity index (χ1v) is 13.0. The number of aliphatic hydroxyl groups excluding tert-OH is 1. The third kappa shape index (κ3) is 5.75. The van der Waals surface area contributed by atoms with Gasteiger partial charge in [0.25, 0.3) is 11.8 Å². The van der Waals surface area contributed by atoms with Crippen molar-refractivity contribution in [2.75, 3.05) is 44.6 Å². The summed E-state index contributed by atoms with van der Waals surface area (Å²) >= 11 is 12.2. The molecule has 2 saturated heterocycles. The van der Waals surface area contributed by atoms with E-state index >= 15 is 0 Å². The molecule has 0 radical (unpaired) electrons. The van der Waals surface area contributed by atoms with E-state index < -0.39 is 6.10 Å². The number of rotatable bonds is 5. The maximum absolute atomic E-state index is 13.5. The van der Waals surface area contributed by atoms with Crippen LogP contribution in [0.2, 0.25) is 10.0 Å². The molecule has 2 amide bonds. The van der Waals surface area contributed by atoms with Crippen LogP contribution in [0.25, 0.3) is 0 Å². The van der Waals surface area contributed by atoms with Gasteiger partial charge in [-0.25, -0.2) is 0 Å². The van der Waals surface area contributed by atoms with Crippen LogP contribution in [-0.2, 0) is 0 Å². The SMILES string of the molecule is O=C(c1ccc(Cl)cc1)N1CCN([C@@H]2CN(C(=O)c3ccc(Cl)cc3Nc3ccccc3)C[C@H]2O)CC1. The largest absolute Gasteiger partial charge is 0.390 e. The second kappa shape index (κ2) is 11.1. The fourth-order valence-corrected chi connectivity index (χ4v) is 5.28. The third-order valence-electron chi connectivity index (χ3n) is 6.97. The lowest BCUT2D eigenvalue weighted by molar-refractivity contribution is 0.0376. The van der Waals surface area contributed by atoms with E-state index in [9.17, 15) is 14.7 Å². The van der Waals surface area contributed by atoms with Crippen LogP contribution in [0.5, 0.6) is 0 Å². The number of aliphatic hydroxyl groups is 1. The van der Waals surface area contributed by atoms with Gasteiger partial charge in [-0.1, -0.05) is 41.4 Å². The highest BCUT2D eigenvalue weighted by Crippen LogP contribution is 2.28. The molecule has 2 aliphatic heterocycles. The van der Waals surface area contributed by atoms with Crippen molar-refractivity contribution < 1.29 is 14.7 Å². The Balaban J connectivity index is 1.23. The number of hydrogen-bond donors (Lipinski definition) is 2. The lowest BCUT2D eigenvalue weighted by atomic mass is 10.1. The maximum atomic E-state index is 13.5. The highest BCUT2D eigenvalue weighted by atomic mass is 35.5. The van der Waals surface area contributed by atoms with Gasteiger partial charge in [-0.05, 0) is 54.6 Å². The van der Waals surface area contributed by atoms with Crippen molar-refractivity contribution in [1.82, 2.24) is 14.7 Å². The molecule has 0 bridgehead atoms. The molecule has 0 aliphatic carbocycles. The predicted molar refractivity (Wildman–Crippen MR) is 146 cm³/mol. The molecule has 3 aromatic rings. The minimum atomic E-state index is -0.666. The number of nitrogens with one attached hydrogen (secondary N) is 1. The van der Waals surface area contributed by atoms with E-state index in [0.29, 0.717) is 59.6 Å². The number of carbonyl (C=O) groups is 2. The van der Waals surface area contributed by atoms with Crippen molar-refractivity contribution in [2.24, 2.45) is 0 Å². The van der Waals surface area contributed by atoms with E-state index in [1.165, 1.54) is 0 Å². The molecular weight excluding hydrogens is 511 g/mol. The molecule has 2 fully saturated rings. The van der Waals surface area contributed by atoms with Crippen LogP contribution < -0.4 is 5.32 Å². The molecule has 0 unspecified atom stereocenters. The molecule has 2 atom stereocenters. The number of likely N-dealkylation sites (tertiary alicyclic amines) is 1. The Morgan fingerprint density at radius 2 is 1.46 bits per heavy atom. The zero-order chi connectivity index (χ0) is 25.9.